The highest BCUT2D eigenvalue weighted by Crippen LogP contribution is 2.45. The van der Waals surface area contributed by atoms with E-state index in [9.17, 15) is 0 Å². The van der Waals surface area contributed by atoms with Crippen molar-refractivity contribution >= 4 is 11.6 Å². The molecule has 116 valence electrons. The summed E-state index contributed by atoms with van der Waals surface area (Å²) in [6, 6.07) is 29.2. The summed E-state index contributed by atoms with van der Waals surface area (Å²) in [7, 11) is 0. The average Bonchev–Trinajstić information content (AvgIpc) is 2.62. The molecule has 0 aliphatic carbocycles. The van der Waals surface area contributed by atoms with E-state index in [1.54, 1.807) is 0 Å². The smallest absolute Gasteiger partial charge is 0.104 e. The lowest BCUT2D eigenvalue weighted by atomic mass is 9.80. The summed E-state index contributed by atoms with van der Waals surface area (Å²) in [6.07, 6.45) is 0. The first kappa shape index (κ1) is 15.8. The van der Waals surface area contributed by atoms with Crippen molar-refractivity contribution in [2.45, 2.75) is 24.6 Å². The average molecular weight is 321 g/mol. The molecule has 0 bridgehead atoms. The van der Waals surface area contributed by atoms with Crippen LogP contribution in [0, 0.1) is 0 Å². The van der Waals surface area contributed by atoms with Crippen LogP contribution in [0.3, 0.4) is 0 Å². The Kier molecular flexibility index (Phi) is 4.54. The van der Waals surface area contributed by atoms with Gasteiger partial charge in [-0.25, -0.2) is 0 Å². The number of hydrogen-bond acceptors (Lipinski definition) is 0. The van der Waals surface area contributed by atoms with E-state index in [0.29, 0.717) is 5.92 Å². The van der Waals surface area contributed by atoms with Crippen molar-refractivity contribution in [2.24, 2.45) is 0 Å². The van der Waals surface area contributed by atoms with Crippen LogP contribution >= 0.6 is 11.6 Å². The zero-order valence-electron chi connectivity index (χ0n) is 13.5. The van der Waals surface area contributed by atoms with Crippen LogP contribution in [0.15, 0.2) is 84.9 Å². The maximum Gasteiger partial charge on any atom is 0.120 e. The molecule has 23 heavy (non-hydrogen) atoms. The van der Waals surface area contributed by atoms with Gasteiger partial charge in [-0.3, -0.25) is 0 Å². The molecule has 3 aromatic carbocycles. The summed E-state index contributed by atoms with van der Waals surface area (Å²) in [5, 5.41) is 0. The van der Waals surface area contributed by atoms with Crippen molar-refractivity contribution < 1.29 is 0 Å². The summed E-state index contributed by atoms with van der Waals surface area (Å²) < 4.78 is 0. The first-order valence-corrected chi connectivity index (χ1v) is 8.41. The number of rotatable bonds is 4. The highest BCUT2D eigenvalue weighted by Gasteiger charge is 2.35. The first-order valence-electron chi connectivity index (χ1n) is 8.03. The third-order valence-electron chi connectivity index (χ3n) is 4.30. The van der Waals surface area contributed by atoms with E-state index in [1.807, 2.05) is 36.4 Å². The van der Waals surface area contributed by atoms with Gasteiger partial charge in [-0.05, 0) is 28.2 Å². The molecule has 0 unspecified atom stereocenters. The highest BCUT2D eigenvalue weighted by molar-refractivity contribution is 6.28. The lowest BCUT2D eigenvalue weighted by Crippen LogP contribution is -2.24. The van der Waals surface area contributed by atoms with Crippen molar-refractivity contribution in [3.05, 3.63) is 107 Å². The molecule has 0 radical (unpaired) electrons. The van der Waals surface area contributed by atoms with Gasteiger partial charge < -0.3 is 0 Å². The van der Waals surface area contributed by atoms with Gasteiger partial charge in [0, 0.05) is 0 Å². The van der Waals surface area contributed by atoms with E-state index in [4.69, 9.17) is 11.6 Å². The number of hydrogen-bond donors (Lipinski definition) is 0. The van der Waals surface area contributed by atoms with Crippen LogP contribution in [0.5, 0.6) is 0 Å². The van der Waals surface area contributed by atoms with E-state index in [1.165, 1.54) is 5.56 Å². The lowest BCUT2D eigenvalue weighted by Gasteiger charge is -2.32. The molecule has 0 aliphatic rings. The fourth-order valence-electron chi connectivity index (χ4n) is 3.13. The lowest BCUT2D eigenvalue weighted by molar-refractivity contribution is 0.795. The van der Waals surface area contributed by atoms with Crippen LogP contribution in [-0.4, -0.2) is 0 Å². The Hall–Kier alpha value is -2.05. The molecule has 0 aliphatic heterocycles. The van der Waals surface area contributed by atoms with E-state index in [-0.39, 0.29) is 0 Å². The van der Waals surface area contributed by atoms with E-state index >= 15 is 0 Å². The van der Waals surface area contributed by atoms with Crippen molar-refractivity contribution in [3.63, 3.8) is 0 Å². The molecule has 0 aromatic heterocycles. The third-order valence-corrected chi connectivity index (χ3v) is 4.94. The molecule has 0 saturated carbocycles. The molecule has 0 atom stereocenters. The SMILES string of the molecule is CC(C)c1ccccc1C(Cl)(c1ccccc1)c1ccccc1. The third kappa shape index (κ3) is 2.92. The van der Waals surface area contributed by atoms with Crippen LogP contribution in [0.1, 0.15) is 42.0 Å². The van der Waals surface area contributed by atoms with Crippen molar-refractivity contribution in [2.75, 3.05) is 0 Å². The fraction of sp³-hybridized carbons (Fsp3) is 0.182. The summed E-state index contributed by atoms with van der Waals surface area (Å²) in [6.45, 7) is 4.43. The molecular weight excluding hydrogens is 300 g/mol. The summed E-state index contributed by atoms with van der Waals surface area (Å²) >= 11 is 7.36. The zero-order chi connectivity index (χ0) is 16.3. The quantitative estimate of drug-likeness (QED) is 0.388. The second-order valence-electron chi connectivity index (χ2n) is 6.13. The van der Waals surface area contributed by atoms with Gasteiger partial charge in [0.25, 0.3) is 0 Å². The minimum Gasteiger partial charge on any atom is -0.104 e. The van der Waals surface area contributed by atoms with Crippen LogP contribution in [0.2, 0.25) is 0 Å². The van der Waals surface area contributed by atoms with Crippen molar-refractivity contribution in [1.29, 1.82) is 0 Å². The standard InChI is InChI=1S/C22H21Cl/c1-17(2)20-15-9-10-16-21(20)22(23,18-11-5-3-6-12-18)19-13-7-4-8-14-19/h3-17H,1-2H3. The Morgan fingerprint density at radius 1 is 0.652 bits per heavy atom. The first-order chi connectivity index (χ1) is 11.1. The molecule has 0 amide bonds. The van der Waals surface area contributed by atoms with Gasteiger partial charge in [-0.1, -0.05) is 98.8 Å². The maximum absolute atomic E-state index is 7.36. The van der Waals surface area contributed by atoms with Gasteiger partial charge in [0.1, 0.15) is 4.87 Å². The van der Waals surface area contributed by atoms with Gasteiger partial charge in [0.05, 0.1) is 0 Å². The highest BCUT2D eigenvalue weighted by atomic mass is 35.5. The van der Waals surface area contributed by atoms with Gasteiger partial charge >= 0.3 is 0 Å². The largest absolute Gasteiger partial charge is 0.120 e. The molecule has 0 N–H and O–H groups in total. The Morgan fingerprint density at radius 2 is 1.09 bits per heavy atom. The molecule has 3 rings (SSSR count). The molecular formula is C22H21Cl. The predicted molar refractivity (Wildman–Crippen MR) is 99.2 cm³/mol. The monoisotopic (exact) mass is 320 g/mol. The Labute approximate surface area is 143 Å². The summed E-state index contributed by atoms with van der Waals surface area (Å²) in [5.74, 6) is 0.414. The Balaban J connectivity index is 2.30. The molecule has 1 heteroatoms. The van der Waals surface area contributed by atoms with Gasteiger partial charge in [-0.2, -0.15) is 0 Å². The molecule has 0 fully saturated rings. The fourth-order valence-corrected chi connectivity index (χ4v) is 3.55. The zero-order valence-corrected chi connectivity index (χ0v) is 14.3. The van der Waals surface area contributed by atoms with E-state index in [2.05, 4.69) is 62.4 Å². The molecule has 0 saturated heterocycles. The van der Waals surface area contributed by atoms with Crippen molar-refractivity contribution in [1.82, 2.24) is 0 Å². The van der Waals surface area contributed by atoms with E-state index in [0.717, 1.165) is 16.7 Å². The topological polar surface area (TPSA) is 0 Å². The molecule has 0 heterocycles. The van der Waals surface area contributed by atoms with Crippen LogP contribution in [0.25, 0.3) is 0 Å². The van der Waals surface area contributed by atoms with Gasteiger partial charge in [-0.15, -0.1) is 11.6 Å². The number of halogens is 1. The predicted octanol–water partition coefficient (Wildman–Crippen LogP) is 6.34. The molecule has 0 spiro atoms. The van der Waals surface area contributed by atoms with Gasteiger partial charge in [0.15, 0.2) is 0 Å². The Morgan fingerprint density at radius 3 is 1.57 bits per heavy atom. The van der Waals surface area contributed by atoms with E-state index < -0.39 is 4.87 Å². The number of benzene rings is 3. The molecule has 3 aromatic rings. The minimum atomic E-state index is -0.677. The second kappa shape index (κ2) is 6.60. The number of alkyl halides is 1. The summed E-state index contributed by atoms with van der Waals surface area (Å²) in [5.41, 5.74) is 4.64. The summed E-state index contributed by atoms with van der Waals surface area (Å²) in [4.78, 5) is -0.677. The second-order valence-corrected chi connectivity index (χ2v) is 6.70. The normalized spacial score (nSPS) is 11.7. The van der Waals surface area contributed by atoms with Crippen LogP contribution in [0.4, 0.5) is 0 Å². The van der Waals surface area contributed by atoms with Crippen LogP contribution in [-0.2, 0) is 4.87 Å². The minimum absolute atomic E-state index is 0.414. The Bertz CT molecular complexity index is 721. The molecule has 0 nitrogen and oxygen atoms in total. The van der Waals surface area contributed by atoms with Crippen LogP contribution < -0.4 is 0 Å². The van der Waals surface area contributed by atoms with Crippen molar-refractivity contribution in [3.8, 4) is 0 Å². The van der Waals surface area contributed by atoms with Gasteiger partial charge in [0.2, 0.25) is 0 Å². The maximum atomic E-state index is 7.36.